The second-order valence-corrected chi connectivity index (χ2v) is 5.99. The fourth-order valence-corrected chi connectivity index (χ4v) is 3.13. The van der Waals surface area contributed by atoms with E-state index in [9.17, 15) is 4.79 Å². The zero-order chi connectivity index (χ0) is 16.9. The number of nitrogens with one attached hydrogen (secondary N) is 1. The molecule has 0 saturated carbocycles. The summed E-state index contributed by atoms with van der Waals surface area (Å²) < 4.78 is 5.39. The van der Waals surface area contributed by atoms with Crippen molar-refractivity contribution in [2.45, 2.75) is 19.8 Å². The van der Waals surface area contributed by atoms with Gasteiger partial charge in [0, 0.05) is 17.8 Å². The summed E-state index contributed by atoms with van der Waals surface area (Å²) in [5, 5.41) is 3.28. The molecular weight excluding hydrogens is 320 g/mol. The first-order valence-corrected chi connectivity index (χ1v) is 8.53. The van der Waals surface area contributed by atoms with Crippen molar-refractivity contribution in [1.82, 2.24) is 5.32 Å². The van der Waals surface area contributed by atoms with E-state index in [0.717, 1.165) is 30.8 Å². The Kier molecular flexibility index (Phi) is 5.11. The molecule has 3 rings (SSSR count). The number of anilines is 1. The van der Waals surface area contributed by atoms with Crippen molar-refractivity contribution in [2.75, 3.05) is 18.1 Å². The van der Waals surface area contributed by atoms with Crippen molar-refractivity contribution in [3.8, 4) is 5.75 Å². The predicted octanol–water partition coefficient (Wildman–Crippen LogP) is 3.55. The number of hydrogen-bond donors (Lipinski definition) is 1. The number of para-hydroxylation sites is 1. The number of hydrogen-bond acceptors (Lipinski definition) is 3. The van der Waals surface area contributed by atoms with Crippen molar-refractivity contribution in [3.63, 3.8) is 0 Å². The number of carbonyl (C=O) groups excluding carboxylic acids is 1. The van der Waals surface area contributed by atoms with E-state index in [1.807, 2.05) is 30.0 Å². The minimum absolute atomic E-state index is 0.203. The first-order chi connectivity index (χ1) is 11.7. The number of thiocarbonyl (C=S) groups is 1. The lowest BCUT2D eigenvalue weighted by Gasteiger charge is -2.31. The molecule has 0 spiro atoms. The van der Waals surface area contributed by atoms with Crippen molar-refractivity contribution in [1.29, 1.82) is 0 Å². The maximum atomic E-state index is 12.4. The predicted molar refractivity (Wildman–Crippen MR) is 99.8 cm³/mol. The lowest BCUT2D eigenvalue weighted by Crippen LogP contribution is -2.45. The van der Waals surface area contributed by atoms with Gasteiger partial charge in [0.05, 0.1) is 6.61 Å². The van der Waals surface area contributed by atoms with Gasteiger partial charge < -0.3 is 9.64 Å². The van der Waals surface area contributed by atoms with Gasteiger partial charge in [-0.25, -0.2) is 0 Å². The SMILES string of the molecule is CCOc1ccc(C(=O)NC(=S)N2CCCc3ccccc32)cc1. The molecule has 1 aliphatic heterocycles. The molecule has 0 fully saturated rings. The largest absolute Gasteiger partial charge is 0.494 e. The fraction of sp³-hybridized carbons (Fsp3) is 0.263. The molecule has 0 aliphatic carbocycles. The smallest absolute Gasteiger partial charge is 0.257 e. The van der Waals surface area contributed by atoms with Crippen LogP contribution in [0.4, 0.5) is 5.69 Å². The number of benzene rings is 2. The molecule has 1 aliphatic rings. The van der Waals surface area contributed by atoms with Gasteiger partial charge >= 0.3 is 0 Å². The van der Waals surface area contributed by atoms with Crippen LogP contribution >= 0.6 is 12.2 Å². The molecule has 1 heterocycles. The van der Waals surface area contributed by atoms with E-state index in [0.29, 0.717) is 17.3 Å². The van der Waals surface area contributed by atoms with E-state index in [1.165, 1.54) is 5.56 Å². The summed E-state index contributed by atoms with van der Waals surface area (Å²) in [7, 11) is 0. The fourth-order valence-electron chi connectivity index (χ4n) is 2.85. The molecule has 0 bridgehead atoms. The third-order valence-electron chi connectivity index (χ3n) is 4.00. The minimum Gasteiger partial charge on any atom is -0.494 e. The van der Waals surface area contributed by atoms with Gasteiger partial charge in [-0.3, -0.25) is 10.1 Å². The van der Waals surface area contributed by atoms with Gasteiger partial charge in [-0.05, 0) is 67.9 Å². The summed E-state index contributed by atoms with van der Waals surface area (Å²) in [6.07, 6.45) is 2.07. The monoisotopic (exact) mass is 340 g/mol. The normalized spacial score (nSPS) is 13.1. The van der Waals surface area contributed by atoms with Gasteiger partial charge in [-0.2, -0.15) is 0 Å². The van der Waals surface area contributed by atoms with Crippen LogP contribution in [-0.4, -0.2) is 24.2 Å². The average molecular weight is 340 g/mol. The van der Waals surface area contributed by atoms with Crippen LogP contribution in [0.1, 0.15) is 29.3 Å². The van der Waals surface area contributed by atoms with Crippen LogP contribution < -0.4 is 15.0 Å². The topological polar surface area (TPSA) is 41.6 Å². The van der Waals surface area contributed by atoms with E-state index in [2.05, 4.69) is 11.4 Å². The number of aryl methyl sites for hydroxylation is 1. The van der Waals surface area contributed by atoms with Crippen LogP contribution in [-0.2, 0) is 6.42 Å². The molecule has 5 heteroatoms. The molecule has 0 atom stereocenters. The van der Waals surface area contributed by atoms with Gasteiger partial charge in [-0.1, -0.05) is 18.2 Å². The summed E-state index contributed by atoms with van der Waals surface area (Å²) >= 11 is 5.46. The van der Waals surface area contributed by atoms with Crippen LogP contribution in [0.2, 0.25) is 0 Å². The lowest BCUT2D eigenvalue weighted by molar-refractivity contribution is 0.0977. The van der Waals surface area contributed by atoms with Crippen molar-refractivity contribution in [3.05, 3.63) is 59.7 Å². The molecule has 0 aromatic heterocycles. The maximum Gasteiger partial charge on any atom is 0.257 e. The number of amides is 1. The quantitative estimate of drug-likeness (QED) is 0.868. The van der Waals surface area contributed by atoms with Crippen LogP contribution in [0.3, 0.4) is 0 Å². The van der Waals surface area contributed by atoms with Crippen LogP contribution in [0, 0.1) is 0 Å². The van der Waals surface area contributed by atoms with Crippen molar-refractivity contribution >= 4 is 28.9 Å². The van der Waals surface area contributed by atoms with E-state index >= 15 is 0 Å². The third kappa shape index (κ3) is 3.57. The Balaban J connectivity index is 1.70. The molecule has 124 valence electrons. The Morgan fingerprint density at radius 1 is 1.21 bits per heavy atom. The minimum atomic E-state index is -0.203. The zero-order valence-corrected chi connectivity index (χ0v) is 14.4. The van der Waals surface area contributed by atoms with Gasteiger partial charge in [0.15, 0.2) is 5.11 Å². The highest BCUT2D eigenvalue weighted by molar-refractivity contribution is 7.80. The second-order valence-electron chi connectivity index (χ2n) is 5.60. The zero-order valence-electron chi connectivity index (χ0n) is 13.6. The Morgan fingerprint density at radius 2 is 1.96 bits per heavy atom. The van der Waals surface area contributed by atoms with E-state index in [-0.39, 0.29) is 5.91 Å². The molecule has 1 N–H and O–H groups in total. The summed E-state index contributed by atoms with van der Waals surface area (Å²) in [5.74, 6) is 0.549. The summed E-state index contributed by atoms with van der Waals surface area (Å²) in [4.78, 5) is 14.4. The molecule has 24 heavy (non-hydrogen) atoms. The Labute approximate surface area is 147 Å². The molecule has 1 amide bonds. The highest BCUT2D eigenvalue weighted by Crippen LogP contribution is 2.26. The van der Waals surface area contributed by atoms with Gasteiger partial charge in [-0.15, -0.1) is 0 Å². The molecule has 0 radical (unpaired) electrons. The van der Waals surface area contributed by atoms with Crippen LogP contribution in [0.15, 0.2) is 48.5 Å². The summed E-state index contributed by atoms with van der Waals surface area (Å²) in [6.45, 7) is 3.35. The first-order valence-electron chi connectivity index (χ1n) is 8.12. The highest BCUT2D eigenvalue weighted by Gasteiger charge is 2.21. The first kappa shape index (κ1) is 16.5. The lowest BCUT2D eigenvalue weighted by atomic mass is 10.0. The molecule has 0 saturated heterocycles. The van der Waals surface area contributed by atoms with Crippen LogP contribution in [0.25, 0.3) is 0 Å². The highest BCUT2D eigenvalue weighted by atomic mass is 32.1. The standard InChI is InChI=1S/C19H20N2O2S/c1-2-23-16-11-9-15(10-12-16)18(22)20-19(24)21-13-5-7-14-6-3-4-8-17(14)21/h3-4,6,8-12H,2,5,7,13H2,1H3,(H,20,22,24). The van der Waals surface area contributed by atoms with Gasteiger partial charge in [0.25, 0.3) is 5.91 Å². The number of carbonyl (C=O) groups is 1. The number of rotatable bonds is 3. The Hall–Kier alpha value is -2.40. The number of nitrogens with zero attached hydrogens (tertiary/aromatic N) is 1. The molecular formula is C19H20N2O2S. The Morgan fingerprint density at radius 3 is 2.71 bits per heavy atom. The van der Waals surface area contributed by atoms with Crippen LogP contribution in [0.5, 0.6) is 5.75 Å². The average Bonchev–Trinajstić information content (AvgIpc) is 2.62. The van der Waals surface area contributed by atoms with Crippen molar-refractivity contribution in [2.24, 2.45) is 0 Å². The Bertz CT molecular complexity index is 743. The number of ether oxygens (including phenoxy) is 1. The van der Waals surface area contributed by atoms with Crippen molar-refractivity contribution < 1.29 is 9.53 Å². The van der Waals surface area contributed by atoms with E-state index < -0.39 is 0 Å². The molecule has 0 unspecified atom stereocenters. The van der Waals surface area contributed by atoms with E-state index in [4.69, 9.17) is 17.0 Å². The summed E-state index contributed by atoms with van der Waals surface area (Å²) in [5.41, 5.74) is 2.91. The molecule has 2 aromatic rings. The summed E-state index contributed by atoms with van der Waals surface area (Å²) in [6, 6.07) is 15.2. The number of fused-ring (bicyclic) bond motifs is 1. The molecule has 2 aromatic carbocycles. The van der Waals surface area contributed by atoms with Gasteiger partial charge in [0.2, 0.25) is 0 Å². The third-order valence-corrected chi connectivity index (χ3v) is 4.33. The van der Waals surface area contributed by atoms with Gasteiger partial charge in [0.1, 0.15) is 5.75 Å². The van der Waals surface area contributed by atoms with E-state index in [1.54, 1.807) is 24.3 Å². The maximum absolute atomic E-state index is 12.4. The second kappa shape index (κ2) is 7.45. The molecule has 4 nitrogen and oxygen atoms in total.